The van der Waals surface area contributed by atoms with Crippen molar-refractivity contribution in [2.75, 3.05) is 7.11 Å². The SMILES string of the molecule is COc1ccc(OCc2ccccc2)c(OCc2ccccc2)c1. The summed E-state index contributed by atoms with van der Waals surface area (Å²) in [6.45, 7) is 0.977. The molecule has 0 N–H and O–H groups in total. The molecule has 0 atom stereocenters. The minimum absolute atomic E-state index is 0.482. The fourth-order valence-electron chi connectivity index (χ4n) is 2.32. The number of methoxy groups -OCH3 is 1. The normalized spacial score (nSPS) is 10.2. The lowest BCUT2D eigenvalue weighted by molar-refractivity contribution is 0.254. The minimum atomic E-state index is 0.482. The summed E-state index contributed by atoms with van der Waals surface area (Å²) in [4.78, 5) is 0. The average Bonchev–Trinajstić information content (AvgIpc) is 2.66. The van der Waals surface area contributed by atoms with Crippen LogP contribution >= 0.6 is 0 Å². The van der Waals surface area contributed by atoms with Crippen LogP contribution in [-0.4, -0.2) is 7.11 Å². The van der Waals surface area contributed by atoms with E-state index in [2.05, 4.69) is 0 Å². The van der Waals surface area contributed by atoms with Crippen LogP contribution in [0.3, 0.4) is 0 Å². The number of ether oxygens (including phenoxy) is 3. The smallest absolute Gasteiger partial charge is 0.165 e. The van der Waals surface area contributed by atoms with E-state index in [-0.39, 0.29) is 0 Å². The Labute approximate surface area is 142 Å². The van der Waals surface area contributed by atoms with Crippen LogP contribution in [0.15, 0.2) is 78.9 Å². The fourth-order valence-corrected chi connectivity index (χ4v) is 2.32. The summed E-state index contributed by atoms with van der Waals surface area (Å²) in [5.41, 5.74) is 2.22. The minimum Gasteiger partial charge on any atom is -0.497 e. The van der Waals surface area contributed by atoms with E-state index >= 15 is 0 Å². The highest BCUT2D eigenvalue weighted by Gasteiger charge is 2.08. The zero-order chi connectivity index (χ0) is 16.6. The highest BCUT2D eigenvalue weighted by atomic mass is 16.5. The molecule has 0 aliphatic carbocycles. The van der Waals surface area contributed by atoms with Gasteiger partial charge in [0.1, 0.15) is 19.0 Å². The molecule has 0 radical (unpaired) electrons. The first kappa shape index (κ1) is 15.9. The Balaban J connectivity index is 1.72. The van der Waals surface area contributed by atoms with Crippen LogP contribution in [0.4, 0.5) is 0 Å². The molecule has 122 valence electrons. The standard InChI is InChI=1S/C21H20O3/c1-22-19-12-13-20(23-15-17-8-4-2-5-9-17)21(14-19)24-16-18-10-6-3-7-11-18/h2-14H,15-16H2,1H3. The molecule has 0 bridgehead atoms. The van der Waals surface area contributed by atoms with E-state index in [1.54, 1.807) is 7.11 Å². The number of rotatable bonds is 7. The Bertz CT molecular complexity index is 755. The van der Waals surface area contributed by atoms with E-state index in [0.717, 1.165) is 16.9 Å². The van der Waals surface area contributed by atoms with Gasteiger partial charge in [0, 0.05) is 6.07 Å². The summed E-state index contributed by atoms with van der Waals surface area (Å²) >= 11 is 0. The lowest BCUT2D eigenvalue weighted by Gasteiger charge is -2.14. The second kappa shape index (κ2) is 8.06. The topological polar surface area (TPSA) is 27.7 Å². The van der Waals surface area contributed by atoms with Gasteiger partial charge < -0.3 is 14.2 Å². The van der Waals surface area contributed by atoms with Gasteiger partial charge >= 0.3 is 0 Å². The lowest BCUT2D eigenvalue weighted by Crippen LogP contribution is -2.01. The molecule has 3 heteroatoms. The molecule has 0 aliphatic rings. The summed E-state index contributed by atoms with van der Waals surface area (Å²) in [6.07, 6.45) is 0. The van der Waals surface area contributed by atoms with Crippen LogP contribution in [-0.2, 0) is 13.2 Å². The monoisotopic (exact) mass is 320 g/mol. The van der Waals surface area contributed by atoms with Gasteiger partial charge in [-0.3, -0.25) is 0 Å². The number of benzene rings is 3. The molecule has 0 saturated carbocycles. The maximum Gasteiger partial charge on any atom is 0.165 e. The predicted octanol–water partition coefficient (Wildman–Crippen LogP) is 4.85. The quantitative estimate of drug-likeness (QED) is 0.622. The molecule has 0 saturated heterocycles. The van der Waals surface area contributed by atoms with Gasteiger partial charge in [-0.05, 0) is 23.3 Å². The van der Waals surface area contributed by atoms with Crippen LogP contribution in [0, 0.1) is 0 Å². The molecule has 0 amide bonds. The van der Waals surface area contributed by atoms with Gasteiger partial charge in [-0.25, -0.2) is 0 Å². The van der Waals surface area contributed by atoms with Crippen molar-refractivity contribution in [1.82, 2.24) is 0 Å². The van der Waals surface area contributed by atoms with Gasteiger partial charge in [0.2, 0.25) is 0 Å². The van der Waals surface area contributed by atoms with Gasteiger partial charge in [0.05, 0.1) is 7.11 Å². The molecule has 0 aliphatic heterocycles. The molecule has 3 nitrogen and oxygen atoms in total. The van der Waals surface area contributed by atoms with E-state index in [0.29, 0.717) is 24.7 Å². The Hall–Kier alpha value is -2.94. The number of hydrogen-bond donors (Lipinski definition) is 0. The largest absolute Gasteiger partial charge is 0.497 e. The number of hydrogen-bond acceptors (Lipinski definition) is 3. The van der Waals surface area contributed by atoms with Crippen LogP contribution in [0.5, 0.6) is 17.2 Å². The molecule has 0 fully saturated rings. The maximum absolute atomic E-state index is 5.95. The van der Waals surface area contributed by atoms with Crippen molar-refractivity contribution >= 4 is 0 Å². The van der Waals surface area contributed by atoms with Crippen molar-refractivity contribution < 1.29 is 14.2 Å². The first-order valence-electron chi connectivity index (χ1n) is 7.86. The highest BCUT2D eigenvalue weighted by molar-refractivity contribution is 5.45. The Kier molecular flexibility index (Phi) is 5.36. The molecular formula is C21H20O3. The third kappa shape index (κ3) is 4.29. The van der Waals surface area contributed by atoms with Crippen molar-refractivity contribution in [3.8, 4) is 17.2 Å². The van der Waals surface area contributed by atoms with Crippen LogP contribution < -0.4 is 14.2 Å². The highest BCUT2D eigenvalue weighted by Crippen LogP contribution is 2.32. The van der Waals surface area contributed by atoms with Gasteiger partial charge in [-0.15, -0.1) is 0 Å². The zero-order valence-electron chi connectivity index (χ0n) is 13.6. The van der Waals surface area contributed by atoms with E-state index in [1.165, 1.54) is 0 Å². The Morgan fingerprint density at radius 2 is 1.17 bits per heavy atom. The summed E-state index contributed by atoms with van der Waals surface area (Å²) in [7, 11) is 1.64. The molecule has 24 heavy (non-hydrogen) atoms. The lowest BCUT2D eigenvalue weighted by atomic mass is 10.2. The van der Waals surface area contributed by atoms with E-state index in [9.17, 15) is 0 Å². The van der Waals surface area contributed by atoms with Crippen molar-refractivity contribution in [3.63, 3.8) is 0 Å². The molecule has 3 aromatic rings. The summed E-state index contributed by atoms with van der Waals surface area (Å²) < 4.78 is 17.2. The van der Waals surface area contributed by atoms with Gasteiger partial charge in [0.15, 0.2) is 11.5 Å². The first-order valence-corrected chi connectivity index (χ1v) is 7.86. The molecule has 0 spiro atoms. The molecule has 3 aromatic carbocycles. The van der Waals surface area contributed by atoms with Gasteiger partial charge in [-0.1, -0.05) is 60.7 Å². The van der Waals surface area contributed by atoms with Crippen molar-refractivity contribution in [3.05, 3.63) is 90.0 Å². The molecule has 3 rings (SSSR count). The Morgan fingerprint density at radius 3 is 1.71 bits per heavy atom. The van der Waals surface area contributed by atoms with E-state index in [1.807, 2.05) is 78.9 Å². The maximum atomic E-state index is 5.95. The first-order chi connectivity index (χ1) is 11.8. The van der Waals surface area contributed by atoms with Crippen molar-refractivity contribution in [2.24, 2.45) is 0 Å². The summed E-state index contributed by atoms with van der Waals surface area (Å²) in [5, 5.41) is 0. The summed E-state index contributed by atoms with van der Waals surface area (Å²) in [5.74, 6) is 2.12. The molecular weight excluding hydrogens is 300 g/mol. The second-order valence-electron chi connectivity index (χ2n) is 5.36. The third-order valence-corrected chi connectivity index (χ3v) is 3.63. The van der Waals surface area contributed by atoms with E-state index < -0.39 is 0 Å². The predicted molar refractivity (Wildman–Crippen MR) is 94.5 cm³/mol. The molecule has 0 heterocycles. The second-order valence-corrected chi connectivity index (χ2v) is 5.36. The third-order valence-electron chi connectivity index (χ3n) is 3.63. The van der Waals surface area contributed by atoms with Gasteiger partial charge in [0.25, 0.3) is 0 Å². The Morgan fingerprint density at radius 1 is 0.625 bits per heavy atom. The molecule has 0 unspecified atom stereocenters. The van der Waals surface area contributed by atoms with Gasteiger partial charge in [-0.2, -0.15) is 0 Å². The molecule has 0 aromatic heterocycles. The fraction of sp³-hybridized carbons (Fsp3) is 0.143. The van der Waals surface area contributed by atoms with Crippen LogP contribution in [0.25, 0.3) is 0 Å². The zero-order valence-corrected chi connectivity index (χ0v) is 13.6. The van der Waals surface area contributed by atoms with E-state index in [4.69, 9.17) is 14.2 Å². The summed E-state index contributed by atoms with van der Waals surface area (Å²) in [6, 6.07) is 25.7. The van der Waals surface area contributed by atoms with Crippen LogP contribution in [0.1, 0.15) is 11.1 Å². The van der Waals surface area contributed by atoms with Crippen molar-refractivity contribution in [1.29, 1.82) is 0 Å². The van der Waals surface area contributed by atoms with Crippen molar-refractivity contribution in [2.45, 2.75) is 13.2 Å². The van der Waals surface area contributed by atoms with Crippen LogP contribution in [0.2, 0.25) is 0 Å². The average molecular weight is 320 g/mol.